The molecule has 76 valence electrons. The number of aryl methyl sites for hydroxylation is 1. The molecule has 0 aromatic heterocycles. The summed E-state index contributed by atoms with van der Waals surface area (Å²) in [5.74, 6) is 0.737. The van der Waals surface area contributed by atoms with Crippen molar-refractivity contribution in [3.63, 3.8) is 0 Å². The van der Waals surface area contributed by atoms with E-state index in [0.717, 1.165) is 5.92 Å². The topological polar surface area (TPSA) is 12.0 Å². The number of hydrogen-bond donors (Lipinski definition) is 1. The van der Waals surface area contributed by atoms with Crippen LogP contribution in [0.3, 0.4) is 0 Å². The summed E-state index contributed by atoms with van der Waals surface area (Å²) in [6.45, 7) is 5.59. The van der Waals surface area contributed by atoms with Gasteiger partial charge < -0.3 is 5.32 Å². The summed E-state index contributed by atoms with van der Waals surface area (Å²) in [6, 6.07) is 9.71. The summed E-state index contributed by atoms with van der Waals surface area (Å²) < 4.78 is 0. The molecular weight excluding hydrogens is 170 g/mol. The molecule has 1 heterocycles. The van der Waals surface area contributed by atoms with Crippen LogP contribution in [0.15, 0.2) is 24.3 Å². The molecule has 1 saturated heterocycles. The zero-order chi connectivity index (χ0) is 9.97. The standard InChI is InChI=1S/C13H19N/c1-3-13-12(8-9-14-13)11-6-4-10(2)5-7-11/h4-7,12-14H,3,8-9H2,1-2H3/t12-,13+/m0/s1. The van der Waals surface area contributed by atoms with E-state index in [0.29, 0.717) is 6.04 Å². The fraction of sp³-hybridized carbons (Fsp3) is 0.538. The first kappa shape index (κ1) is 9.72. The number of rotatable bonds is 2. The van der Waals surface area contributed by atoms with E-state index in [-0.39, 0.29) is 0 Å². The Labute approximate surface area is 86.5 Å². The van der Waals surface area contributed by atoms with Gasteiger partial charge in [0.25, 0.3) is 0 Å². The van der Waals surface area contributed by atoms with E-state index in [2.05, 4.69) is 43.4 Å². The van der Waals surface area contributed by atoms with E-state index in [1.54, 1.807) is 0 Å². The minimum atomic E-state index is 0.692. The van der Waals surface area contributed by atoms with Crippen molar-refractivity contribution >= 4 is 0 Å². The van der Waals surface area contributed by atoms with Gasteiger partial charge in [0.15, 0.2) is 0 Å². The molecule has 0 amide bonds. The first-order chi connectivity index (χ1) is 6.81. The molecule has 1 aliphatic rings. The molecule has 1 aliphatic heterocycles. The van der Waals surface area contributed by atoms with Gasteiger partial charge in [-0.25, -0.2) is 0 Å². The molecule has 0 radical (unpaired) electrons. The van der Waals surface area contributed by atoms with Gasteiger partial charge >= 0.3 is 0 Å². The van der Waals surface area contributed by atoms with Gasteiger partial charge in [-0.05, 0) is 31.9 Å². The molecule has 14 heavy (non-hydrogen) atoms. The second-order valence-electron chi connectivity index (χ2n) is 4.27. The molecule has 0 bridgehead atoms. The Kier molecular flexibility index (Phi) is 2.87. The lowest BCUT2D eigenvalue weighted by atomic mass is 9.90. The van der Waals surface area contributed by atoms with Crippen LogP contribution in [0.25, 0.3) is 0 Å². The summed E-state index contributed by atoms with van der Waals surface area (Å²) in [4.78, 5) is 0. The van der Waals surface area contributed by atoms with Crippen LogP contribution in [0.1, 0.15) is 36.8 Å². The van der Waals surface area contributed by atoms with Crippen molar-refractivity contribution in [2.24, 2.45) is 0 Å². The van der Waals surface area contributed by atoms with Crippen molar-refractivity contribution in [2.45, 2.75) is 38.6 Å². The molecule has 1 heteroatoms. The van der Waals surface area contributed by atoms with Gasteiger partial charge in [0.2, 0.25) is 0 Å². The highest BCUT2D eigenvalue weighted by molar-refractivity contribution is 5.26. The monoisotopic (exact) mass is 189 g/mol. The zero-order valence-electron chi connectivity index (χ0n) is 9.09. The SMILES string of the molecule is CC[C@H]1NCC[C@H]1c1ccc(C)cc1. The molecule has 0 unspecified atom stereocenters. The average Bonchev–Trinajstić information content (AvgIpc) is 2.67. The highest BCUT2D eigenvalue weighted by Crippen LogP contribution is 2.29. The molecule has 1 aromatic rings. The van der Waals surface area contributed by atoms with Crippen LogP contribution >= 0.6 is 0 Å². The predicted molar refractivity (Wildman–Crippen MR) is 60.6 cm³/mol. The second-order valence-corrected chi connectivity index (χ2v) is 4.27. The van der Waals surface area contributed by atoms with Crippen molar-refractivity contribution < 1.29 is 0 Å². The Hall–Kier alpha value is -0.820. The second kappa shape index (κ2) is 4.14. The van der Waals surface area contributed by atoms with E-state index in [1.165, 1.54) is 30.5 Å². The van der Waals surface area contributed by atoms with Gasteiger partial charge in [-0.1, -0.05) is 36.8 Å². The van der Waals surface area contributed by atoms with Crippen molar-refractivity contribution in [2.75, 3.05) is 6.54 Å². The van der Waals surface area contributed by atoms with E-state index in [9.17, 15) is 0 Å². The molecule has 1 nitrogen and oxygen atoms in total. The Balaban J connectivity index is 2.17. The zero-order valence-corrected chi connectivity index (χ0v) is 9.09. The lowest BCUT2D eigenvalue weighted by Gasteiger charge is -2.18. The molecule has 0 aliphatic carbocycles. The molecule has 1 fully saturated rings. The summed E-state index contributed by atoms with van der Waals surface area (Å²) in [5.41, 5.74) is 2.86. The average molecular weight is 189 g/mol. The third-order valence-corrected chi connectivity index (χ3v) is 3.29. The summed E-state index contributed by atoms with van der Waals surface area (Å²) in [5, 5.41) is 3.57. The highest BCUT2D eigenvalue weighted by Gasteiger charge is 2.26. The Morgan fingerprint density at radius 3 is 2.64 bits per heavy atom. The maximum atomic E-state index is 3.57. The fourth-order valence-corrected chi connectivity index (χ4v) is 2.41. The van der Waals surface area contributed by atoms with E-state index in [4.69, 9.17) is 0 Å². The molecule has 2 atom stereocenters. The van der Waals surface area contributed by atoms with Gasteiger partial charge in [0, 0.05) is 12.0 Å². The first-order valence-corrected chi connectivity index (χ1v) is 5.61. The van der Waals surface area contributed by atoms with Crippen LogP contribution in [0.5, 0.6) is 0 Å². The van der Waals surface area contributed by atoms with Crippen LogP contribution < -0.4 is 5.32 Å². The Morgan fingerprint density at radius 1 is 1.29 bits per heavy atom. The smallest absolute Gasteiger partial charge is 0.0134 e. The fourth-order valence-electron chi connectivity index (χ4n) is 2.41. The lowest BCUT2D eigenvalue weighted by molar-refractivity contribution is 0.531. The van der Waals surface area contributed by atoms with Gasteiger partial charge in [0.1, 0.15) is 0 Å². The van der Waals surface area contributed by atoms with Gasteiger partial charge in [-0.3, -0.25) is 0 Å². The van der Waals surface area contributed by atoms with E-state index >= 15 is 0 Å². The summed E-state index contributed by atoms with van der Waals surface area (Å²) >= 11 is 0. The summed E-state index contributed by atoms with van der Waals surface area (Å²) in [6.07, 6.45) is 2.53. The summed E-state index contributed by atoms with van der Waals surface area (Å²) in [7, 11) is 0. The van der Waals surface area contributed by atoms with Gasteiger partial charge in [0.05, 0.1) is 0 Å². The van der Waals surface area contributed by atoms with Crippen molar-refractivity contribution in [3.05, 3.63) is 35.4 Å². The minimum absolute atomic E-state index is 0.692. The van der Waals surface area contributed by atoms with Crippen molar-refractivity contribution in [1.82, 2.24) is 5.32 Å². The third-order valence-electron chi connectivity index (χ3n) is 3.29. The van der Waals surface area contributed by atoms with Crippen LogP contribution in [-0.2, 0) is 0 Å². The number of nitrogens with one attached hydrogen (secondary N) is 1. The molecule has 1 aromatic carbocycles. The normalized spacial score (nSPS) is 26.7. The Morgan fingerprint density at radius 2 is 2.00 bits per heavy atom. The van der Waals surface area contributed by atoms with Gasteiger partial charge in [-0.15, -0.1) is 0 Å². The maximum absolute atomic E-state index is 3.57. The third kappa shape index (κ3) is 1.83. The Bertz CT molecular complexity index is 289. The van der Waals surface area contributed by atoms with Crippen LogP contribution in [0.2, 0.25) is 0 Å². The lowest BCUT2D eigenvalue weighted by Crippen LogP contribution is -2.24. The number of hydrogen-bond acceptors (Lipinski definition) is 1. The van der Waals surface area contributed by atoms with Crippen LogP contribution in [0.4, 0.5) is 0 Å². The highest BCUT2D eigenvalue weighted by atomic mass is 14.9. The number of benzene rings is 1. The maximum Gasteiger partial charge on any atom is 0.0134 e. The first-order valence-electron chi connectivity index (χ1n) is 5.61. The van der Waals surface area contributed by atoms with Crippen molar-refractivity contribution in [1.29, 1.82) is 0 Å². The van der Waals surface area contributed by atoms with Crippen LogP contribution in [0, 0.1) is 6.92 Å². The van der Waals surface area contributed by atoms with Gasteiger partial charge in [-0.2, -0.15) is 0 Å². The van der Waals surface area contributed by atoms with Crippen LogP contribution in [-0.4, -0.2) is 12.6 Å². The molecule has 2 rings (SSSR count). The molecule has 0 saturated carbocycles. The largest absolute Gasteiger partial charge is 0.313 e. The molecular formula is C13H19N. The van der Waals surface area contributed by atoms with Crippen molar-refractivity contribution in [3.8, 4) is 0 Å². The molecule has 1 N–H and O–H groups in total. The van der Waals surface area contributed by atoms with E-state index in [1.807, 2.05) is 0 Å². The van der Waals surface area contributed by atoms with E-state index < -0.39 is 0 Å². The quantitative estimate of drug-likeness (QED) is 0.754. The minimum Gasteiger partial charge on any atom is -0.313 e. The molecule has 0 spiro atoms. The predicted octanol–water partition coefficient (Wildman–Crippen LogP) is 2.85.